The van der Waals surface area contributed by atoms with Gasteiger partial charge in [0.05, 0.1) is 22.1 Å². The van der Waals surface area contributed by atoms with Gasteiger partial charge in [0.15, 0.2) is 5.82 Å². The van der Waals surface area contributed by atoms with Gasteiger partial charge in [-0.1, -0.05) is 115 Å². The molecule has 0 aliphatic rings. The van der Waals surface area contributed by atoms with Gasteiger partial charge < -0.3 is 4.42 Å². The smallest absolute Gasteiger partial charge is 0.165 e. The number of rotatable bonds is 3. The highest BCUT2D eigenvalue weighted by Gasteiger charge is 2.24. The van der Waals surface area contributed by atoms with E-state index in [9.17, 15) is 0 Å². The molecule has 0 saturated carbocycles. The average molecular weight is 638 g/mol. The van der Waals surface area contributed by atoms with Crippen LogP contribution in [0, 0.1) is 0 Å². The zero-order valence-electron chi connectivity index (χ0n) is 26.8. The molecule has 0 spiro atoms. The fourth-order valence-corrected chi connectivity index (χ4v) is 7.84. The number of fused-ring (bicyclic) bond motifs is 9. The van der Waals surface area contributed by atoms with Crippen molar-refractivity contribution in [3.8, 4) is 28.2 Å². The van der Waals surface area contributed by atoms with Crippen LogP contribution in [0.5, 0.6) is 0 Å². The summed E-state index contributed by atoms with van der Waals surface area (Å²) in [5.41, 5.74) is 9.53. The first-order chi connectivity index (χ1) is 24.8. The second-order valence-corrected chi connectivity index (χ2v) is 13.0. The van der Waals surface area contributed by atoms with Gasteiger partial charge in [-0.05, 0) is 81.2 Å². The molecule has 0 aliphatic carbocycles. The van der Waals surface area contributed by atoms with Crippen molar-refractivity contribution in [3.05, 3.63) is 164 Å². The summed E-state index contributed by atoms with van der Waals surface area (Å²) in [6.07, 6.45) is 0. The second kappa shape index (κ2) is 10.4. The van der Waals surface area contributed by atoms with Crippen molar-refractivity contribution < 1.29 is 4.42 Å². The van der Waals surface area contributed by atoms with Gasteiger partial charge in [-0.2, -0.15) is 0 Å². The van der Waals surface area contributed by atoms with Gasteiger partial charge in [0.1, 0.15) is 16.9 Å². The molecule has 3 aromatic heterocycles. The summed E-state index contributed by atoms with van der Waals surface area (Å²) in [6.45, 7) is 0. The molecule has 8 aromatic carbocycles. The second-order valence-electron chi connectivity index (χ2n) is 13.0. The highest BCUT2D eigenvalue weighted by molar-refractivity contribution is 6.19. The third-order valence-electron chi connectivity index (χ3n) is 10.1. The first-order valence-electron chi connectivity index (χ1n) is 16.9. The summed E-state index contributed by atoms with van der Waals surface area (Å²) in [5.74, 6) is 0.766. The maximum absolute atomic E-state index is 6.59. The zero-order chi connectivity index (χ0) is 32.8. The Bertz CT molecular complexity index is 3170. The Morgan fingerprint density at radius 2 is 1.10 bits per heavy atom. The molecule has 0 bridgehead atoms. The minimum atomic E-state index is 0.766. The van der Waals surface area contributed by atoms with E-state index in [1.807, 2.05) is 36.4 Å². The van der Waals surface area contributed by atoms with E-state index < -0.39 is 0 Å². The van der Waals surface area contributed by atoms with E-state index in [-0.39, 0.29) is 0 Å². The molecule has 0 atom stereocenters. The molecule has 0 saturated heterocycles. The Morgan fingerprint density at radius 1 is 0.440 bits per heavy atom. The Labute approximate surface area is 286 Å². The predicted octanol–water partition coefficient (Wildman–Crippen LogP) is 12.3. The van der Waals surface area contributed by atoms with E-state index in [1.165, 1.54) is 43.4 Å². The van der Waals surface area contributed by atoms with Crippen LogP contribution in [0.15, 0.2) is 168 Å². The molecule has 0 aliphatic heterocycles. The monoisotopic (exact) mass is 637 g/mol. The van der Waals surface area contributed by atoms with Crippen LogP contribution in [-0.4, -0.2) is 14.5 Å². The molecule has 0 fully saturated rings. The SMILES string of the molecule is c1ccc2cc(-c3cccc4c3c3cc5ccccc5cc3n4-c3nc4ccccc4nc3-c3cccc4c3oc3ccccc34)ccc2c1. The molecule has 3 heterocycles. The lowest BCUT2D eigenvalue weighted by atomic mass is 9.96. The van der Waals surface area contributed by atoms with Crippen molar-refractivity contribution in [2.75, 3.05) is 0 Å². The number of aromatic nitrogens is 3. The van der Waals surface area contributed by atoms with Gasteiger partial charge in [0.25, 0.3) is 0 Å². The largest absolute Gasteiger partial charge is 0.455 e. The van der Waals surface area contributed by atoms with E-state index in [1.54, 1.807) is 0 Å². The van der Waals surface area contributed by atoms with Crippen LogP contribution >= 0.6 is 0 Å². The topological polar surface area (TPSA) is 43.9 Å². The lowest BCUT2D eigenvalue weighted by Gasteiger charge is -2.14. The van der Waals surface area contributed by atoms with Gasteiger partial charge >= 0.3 is 0 Å². The van der Waals surface area contributed by atoms with Gasteiger partial charge in [0.2, 0.25) is 0 Å². The number of hydrogen-bond acceptors (Lipinski definition) is 3. The molecule has 232 valence electrons. The van der Waals surface area contributed by atoms with E-state index in [2.05, 4.69) is 132 Å². The molecule has 4 heteroatoms. The first-order valence-corrected chi connectivity index (χ1v) is 16.9. The summed E-state index contributed by atoms with van der Waals surface area (Å²) in [5, 5.41) is 9.33. The fraction of sp³-hybridized carbons (Fsp3) is 0. The maximum Gasteiger partial charge on any atom is 0.165 e. The minimum absolute atomic E-state index is 0.766. The number of para-hydroxylation sites is 4. The van der Waals surface area contributed by atoms with Crippen LogP contribution in [0.2, 0.25) is 0 Å². The lowest BCUT2D eigenvalue weighted by Crippen LogP contribution is -2.04. The normalized spacial score (nSPS) is 12.0. The number of hydrogen-bond donors (Lipinski definition) is 0. The van der Waals surface area contributed by atoms with Gasteiger partial charge in [0, 0.05) is 27.1 Å². The van der Waals surface area contributed by atoms with Crippen LogP contribution in [0.25, 0.3) is 105 Å². The molecule has 0 unspecified atom stereocenters. The summed E-state index contributed by atoms with van der Waals surface area (Å²) in [4.78, 5) is 10.8. The van der Waals surface area contributed by atoms with Crippen LogP contribution < -0.4 is 0 Å². The molecular weight excluding hydrogens is 611 g/mol. The van der Waals surface area contributed by atoms with Crippen molar-refractivity contribution in [1.29, 1.82) is 0 Å². The van der Waals surface area contributed by atoms with Crippen LogP contribution in [-0.2, 0) is 0 Å². The van der Waals surface area contributed by atoms with Gasteiger partial charge in [-0.15, -0.1) is 0 Å². The molecule has 4 nitrogen and oxygen atoms in total. The number of furan rings is 1. The lowest BCUT2D eigenvalue weighted by molar-refractivity contribution is 0.669. The van der Waals surface area contributed by atoms with Gasteiger partial charge in [-0.25, -0.2) is 9.97 Å². The molecule has 0 radical (unpaired) electrons. The Balaban J connectivity index is 1.30. The molecule has 11 aromatic rings. The van der Waals surface area contributed by atoms with Crippen molar-refractivity contribution in [3.63, 3.8) is 0 Å². The molecule has 50 heavy (non-hydrogen) atoms. The summed E-state index contributed by atoms with van der Waals surface area (Å²) in [6, 6.07) is 57.8. The number of benzene rings is 8. The summed E-state index contributed by atoms with van der Waals surface area (Å²) >= 11 is 0. The van der Waals surface area contributed by atoms with Crippen molar-refractivity contribution in [2.24, 2.45) is 0 Å². The minimum Gasteiger partial charge on any atom is -0.455 e. The molecule has 0 N–H and O–H groups in total. The highest BCUT2D eigenvalue weighted by Crippen LogP contribution is 2.43. The average Bonchev–Trinajstić information content (AvgIpc) is 3.72. The highest BCUT2D eigenvalue weighted by atomic mass is 16.3. The van der Waals surface area contributed by atoms with Crippen molar-refractivity contribution >= 4 is 76.3 Å². The summed E-state index contributed by atoms with van der Waals surface area (Å²) < 4.78 is 8.91. The van der Waals surface area contributed by atoms with Crippen LogP contribution in [0.3, 0.4) is 0 Å². The Kier molecular flexibility index (Phi) is 5.63. The Morgan fingerprint density at radius 3 is 1.96 bits per heavy atom. The van der Waals surface area contributed by atoms with Crippen LogP contribution in [0.4, 0.5) is 0 Å². The van der Waals surface area contributed by atoms with E-state index in [0.29, 0.717) is 0 Å². The number of nitrogens with zero attached hydrogens (tertiary/aromatic N) is 3. The first kappa shape index (κ1) is 27.2. The van der Waals surface area contributed by atoms with E-state index in [0.717, 1.165) is 61.1 Å². The van der Waals surface area contributed by atoms with Crippen LogP contribution in [0.1, 0.15) is 0 Å². The Hall–Kier alpha value is -6.78. The maximum atomic E-state index is 6.59. The van der Waals surface area contributed by atoms with E-state index in [4.69, 9.17) is 14.4 Å². The van der Waals surface area contributed by atoms with Gasteiger partial charge in [-0.3, -0.25) is 4.57 Å². The third-order valence-corrected chi connectivity index (χ3v) is 10.1. The zero-order valence-corrected chi connectivity index (χ0v) is 26.8. The summed E-state index contributed by atoms with van der Waals surface area (Å²) in [7, 11) is 0. The fourth-order valence-electron chi connectivity index (χ4n) is 7.84. The third kappa shape index (κ3) is 3.93. The quantitative estimate of drug-likeness (QED) is 0.194. The standard InChI is InChI=1S/C46H27N3O/c1-2-12-29-25-32(24-23-28(29)11-1)33-16-10-21-40-43(33)37-26-30-13-3-4-14-31(30)27-41(37)49(40)46-44(47-38-19-6-7-20-39(38)48-46)36-18-9-17-35-34-15-5-8-22-42(34)50-45(35)36/h1-27H. The molecular formula is C46H27N3O. The molecule has 11 rings (SSSR count). The van der Waals surface area contributed by atoms with Crippen molar-refractivity contribution in [1.82, 2.24) is 14.5 Å². The van der Waals surface area contributed by atoms with Crippen molar-refractivity contribution in [2.45, 2.75) is 0 Å². The van der Waals surface area contributed by atoms with E-state index >= 15 is 0 Å². The molecule has 0 amide bonds. The predicted molar refractivity (Wildman–Crippen MR) is 207 cm³/mol.